The van der Waals surface area contributed by atoms with Crippen LogP contribution in [0, 0.1) is 6.92 Å². The van der Waals surface area contributed by atoms with Gasteiger partial charge in [0.2, 0.25) is 0 Å². The van der Waals surface area contributed by atoms with Gasteiger partial charge in [-0.05, 0) is 50.0 Å². The Labute approximate surface area is 145 Å². The molecule has 120 valence electrons. The number of hydrogen-bond acceptors (Lipinski definition) is 0. The third-order valence-electron chi connectivity index (χ3n) is 3.83. The maximum Gasteiger partial charge on any atom is 0.161 e. The van der Waals surface area contributed by atoms with Crippen molar-refractivity contribution in [2.75, 3.05) is 0 Å². The van der Waals surface area contributed by atoms with E-state index in [1.165, 1.54) is 44.7 Å². The Morgan fingerprint density at radius 2 is 2.00 bits per heavy atom. The summed E-state index contributed by atoms with van der Waals surface area (Å²) in [5.41, 5.74) is 4.10. The first-order valence-electron chi connectivity index (χ1n) is 8.39. The molecule has 0 N–H and O–H groups in total. The molecule has 0 aliphatic heterocycles. The summed E-state index contributed by atoms with van der Waals surface area (Å²) in [5, 5.41) is 0. The molecule has 0 saturated carbocycles. The van der Waals surface area contributed by atoms with Gasteiger partial charge in [-0.2, -0.15) is 0 Å². The first-order valence-corrected chi connectivity index (χ1v) is 9.28. The monoisotopic (exact) mass is 323 g/mol. The van der Waals surface area contributed by atoms with Crippen molar-refractivity contribution < 1.29 is 0 Å². The number of allylic oxidation sites excluding steroid dienone is 8. The molecule has 0 heterocycles. The summed E-state index contributed by atoms with van der Waals surface area (Å²) >= 11 is 1.23. The fourth-order valence-electron chi connectivity index (χ4n) is 2.52. The maximum absolute atomic E-state index is 4.06. The van der Waals surface area contributed by atoms with Gasteiger partial charge >= 0.3 is 0 Å². The minimum Gasteiger partial charge on any atom is -0.0941 e. The van der Waals surface area contributed by atoms with E-state index in [0.29, 0.717) is 0 Å². The molecule has 0 atom stereocenters. The zero-order valence-corrected chi connectivity index (χ0v) is 15.2. The molecular weight excluding hydrogens is 296 g/mol. The summed E-state index contributed by atoms with van der Waals surface area (Å²) < 4.78 is 0. The van der Waals surface area contributed by atoms with Crippen molar-refractivity contribution in [2.24, 2.45) is 0 Å². The molecule has 0 saturated heterocycles. The van der Waals surface area contributed by atoms with Crippen LogP contribution in [0.5, 0.6) is 0 Å². The lowest BCUT2D eigenvalue weighted by Crippen LogP contribution is -1.95. The van der Waals surface area contributed by atoms with Crippen LogP contribution in [-0.2, 0) is 11.8 Å². The summed E-state index contributed by atoms with van der Waals surface area (Å²) in [6, 6.07) is 8.77. The lowest BCUT2D eigenvalue weighted by atomic mass is 9.99. The van der Waals surface area contributed by atoms with Crippen LogP contribution < -0.4 is 0 Å². The minimum absolute atomic E-state index is 0.993. The number of benzene rings is 1. The topological polar surface area (TPSA) is 0 Å². The van der Waals surface area contributed by atoms with Crippen molar-refractivity contribution in [1.29, 1.82) is 0 Å². The Morgan fingerprint density at radius 3 is 2.61 bits per heavy atom. The van der Waals surface area contributed by atoms with E-state index in [-0.39, 0.29) is 0 Å². The lowest BCUT2D eigenvalue weighted by molar-refractivity contribution is 0.994. The molecular formula is C22H27S+. The standard InChI is InChI=1S/C22H26S/c1-4-6-12-20(17-19-10-8-7-9-11-19)22(5-2)23-21-15-13-18(3)14-16-21/h5-6,8,10-16H,2,4,7,9,17H2,1,3H3/p+1/b12-6-,22-20-. The number of aryl methyl sites for hydroxylation is 1. The van der Waals surface area contributed by atoms with Crippen molar-refractivity contribution >= 4 is 11.8 Å². The number of thiol groups is 1. The third kappa shape index (κ3) is 5.76. The molecule has 1 aromatic carbocycles. The molecule has 0 nitrogen and oxygen atoms in total. The molecule has 0 fully saturated rings. The normalized spacial score (nSPS) is 15.5. The highest BCUT2D eigenvalue weighted by Crippen LogP contribution is 2.25. The van der Waals surface area contributed by atoms with Gasteiger partial charge in [0.25, 0.3) is 0 Å². The van der Waals surface area contributed by atoms with E-state index in [9.17, 15) is 0 Å². The van der Waals surface area contributed by atoms with Crippen molar-refractivity contribution in [3.63, 3.8) is 0 Å². The second-order valence-corrected chi connectivity index (χ2v) is 7.03. The average molecular weight is 324 g/mol. The van der Waals surface area contributed by atoms with Crippen LogP contribution in [0.25, 0.3) is 0 Å². The zero-order valence-electron chi connectivity index (χ0n) is 14.3. The largest absolute Gasteiger partial charge is 0.161 e. The van der Waals surface area contributed by atoms with Crippen LogP contribution in [-0.4, -0.2) is 0 Å². The van der Waals surface area contributed by atoms with Gasteiger partial charge in [-0.25, -0.2) is 0 Å². The van der Waals surface area contributed by atoms with Gasteiger partial charge in [-0.3, -0.25) is 0 Å². The highest BCUT2D eigenvalue weighted by molar-refractivity contribution is 7.83. The van der Waals surface area contributed by atoms with Crippen LogP contribution in [0.4, 0.5) is 0 Å². The average Bonchev–Trinajstić information content (AvgIpc) is 2.59. The van der Waals surface area contributed by atoms with E-state index in [0.717, 1.165) is 19.3 Å². The fraction of sp³-hybridized carbons (Fsp3) is 0.273. The summed E-state index contributed by atoms with van der Waals surface area (Å²) in [6.07, 6.45) is 17.8. The van der Waals surface area contributed by atoms with Gasteiger partial charge in [0.05, 0.1) is 0 Å². The molecule has 0 bridgehead atoms. The van der Waals surface area contributed by atoms with Gasteiger partial charge < -0.3 is 0 Å². The van der Waals surface area contributed by atoms with Crippen LogP contribution >= 0.6 is 0 Å². The Hall–Kier alpha value is -1.73. The van der Waals surface area contributed by atoms with Crippen molar-refractivity contribution in [3.8, 4) is 0 Å². The molecule has 1 aliphatic carbocycles. The third-order valence-corrected chi connectivity index (χ3v) is 5.09. The molecule has 0 aromatic heterocycles. The predicted molar refractivity (Wildman–Crippen MR) is 106 cm³/mol. The van der Waals surface area contributed by atoms with Gasteiger partial charge in [-0.15, -0.1) is 0 Å². The van der Waals surface area contributed by atoms with Crippen molar-refractivity contribution in [3.05, 3.63) is 88.9 Å². The molecule has 2 rings (SSSR count). The summed E-state index contributed by atoms with van der Waals surface area (Å²) in [5.74, 6) is 0. The smallest absolute Gasteiger partial charge is 0.0941 e. The van der Waals surface area contributed by atoms with Crippen LogP contribution in [0.15, 0.2) is 88.2 Å². The first kappa shape index (κ1) is 17.6. The number of rotatable bonds is 7. The molecule has 0 unspecified atom stereocenters. The lowest BCUT2D eigenvalue weighted by Gasteiger charge is -2.08. The van der Waals surface area contributed by atoms with E-state index in [1.807, 2.05) is 6.08 Å². The molecule has 0 radical (unpaired) electrons. The molecule has 0 amide bonds. The van der Waals surface area contributed by atoms with Gasteiger partial charge in [0.1, 0.15) is 0 Å². The summed E-state index contributed by atoms with van der Waals surface area (Å²) in [6.45, 7) is 8.37. The summed E-state index contributed by atoms with van der Waals surface area (Å²) in [4.78, 5) is 2.62. The Bertz CT molecular complexity index is 639. The molecule has 0 spiro atoms. The molecule has 23 heavy (non-hydrogen) atoms. The predicted octanol–water partition coefficient (Wildman–Crippen LogP) is 6.24. The quantitative estimate of drug-likeness (QED) is 0.316. The van der Waals surface area contributed by atoms with Gasteiger partial charge in [0, 0.05) is 23.8 Å². The van der Waals surface area contributed by atoms with Crippen LogP contribution in [0.1, 0.15) is 38.2 Å². The van der Waals surface area contributed by atoms with E-state index in [2.05, 4.69) is 75.1 Å². The maximum atomic E-state index is 4.06. The SMILES string of the molecule is C=C/C([SH+]c1ccc(C)cc1)=C(\C=C/CC)CC1=CCCC=C1. The van der Waals surface area contributed by atoms with Crippen molar-refractivity contribution in [1.82, 2.24) is 0 Å². The number of hydrogen-bond donors (Lipinski definition) is 0. The Balaban J connectivity index is 2.26. The molecule has 1 heteroatoms. The van der Waals surface area contributed by atoms with E-state index in [4.69, 9.17) is 0 Å². The second kappa shape index (κ2) is 9.42. The second-order valence-electron chi connectivity index (χ2n) is 5.81. The Kier molecular flexibility index (Phi) is 7.22. The van der Waals surface area contributed by atoms with E-state index >= 15 is 0 Å². The fourth-order valence-corrected chi connectivity index (χ4v) is 3.49. The van der Waals surface area contributed by atoms with Gasteiger partial charge in [0.15, 0.2) is 9.80 Å². The van der Waals surface area contributed by atoms with E-state index < -0.39 is 0 Å². The van der Waals surface area contributed by atoms with Gasteiger partial charge in [-0.1, -0.05) is 61.6 Å². The Morgan fingerprint density at radius 1 is 1.22 bits per heavy atom. The van der Waals surface area contributed by atoms with Crippen molar-refractivity contribution in [2.45, 2.75) is 44.4 Å². The molecule has 1 aliphatic rings. The van der Waals surface area contributed by atoms with Crippen LogP contribution in [0.2, 0.25) is 0 Å². The van der Waals surface area contributed by atoms with Crippen LogP contribution in [0.3, 0.4) is 0 Å². The van der Waals surface area contributed by atoms with E-state index in [1.54, 1.807) is 0 Å². The minimum atomic E-state index is 0.993. The first-order chi connectivity index (χ1) is 11.2. The zero-order chi connectivity index (χ0) is 16.5. The summed E-state index contributed by atoms with van der Waals surface area (Å²) in [7, 11) is 0. The highest BCUT2D eigenvalue weighted by atomic mass is 32.2. The highest BCUT2D eigenvalue weighted by Gasteiger charge is 2.13. The molecule has 1 aromatic rings.